The van der Waals surface area contributed by atoms with Crippen molar-refractivity contribution in [3.63, 3.8) is 0 Å². The highest BCUT2D eigenvalue weighted by molar-refractivity contribution is 5.26. The topological polar surface area (TPSA) is 70.3 Å². The quantitative estimate of drug-likeness (QED) is 0.871. The highest BCUT2D eigenvalue weighted by Gasteiger charge is 2.05. The first-order valence-electron chi connectivity index (χ1n) is 6.50. The molecule has 0 aliphatic rings. The Morgan fingerprint density at radius 3 is 2.75 bits per heavy atom. The monoisotopic (exact) mass is 273 g/mol. The van der Waals surface area contributed by atoms with Crippen LogP contribution in [0.3, 0.4) is 0 Å². The molecule has 2 N–H and O–H groups in total. The second kappa shape index (κ2) is 6.86. The Morgan fingerprint density at radius 1 is 1.25 bits per heavy atom. The van der Waals surface area contributed by atoms with E-state index in [-0.39, 0.29) is 6.04 Å². The largest absolute Gasteiger partial charge is 0.487 e. The van der Waals surface area contributed by atoms with Crippen LogP contribution in [0.15, 0.2) is 36.7 Å². The van der Waals surface area contributed by atoms with Gasteiger partial charge in [0.15, 0.2) is 0 Å². The van der Waals surface area contributed by atoms with Gasteiger partial charge in [0.1, 0.15) is 12.4 Å². The molecule has 0 fully saturated rings. The van der Waals surface area contributed by atoms with E-state index in [0.29, 0.717) is 18.2 Å². The zero-order chi connectivity index (χ0) is 14.4. The minimum Gasteiger partial charge on any atom is -0.487 e. The normalized spacial score (nSPS) is 11.9. The van der Waals surface area contributed by atoms with E-state index in [1.54, 1.807) is 19.5 Å². The molecular formula is C15H19N3O2. The first kappa shape index (κ1) is 14.3. The summed E-state index contributed by atoms with van der Waals surface area (Å²) in [6.45, 7) is 2.35. The number of aromatic nitrogens is 2. The van der Waals surface area contributed by atoms with E-state index in [1.165, 1.54) is 0 Å². The molecule has 0 aliphatic carbocycles. The van der Waals surface area contributed by atoms with Crippen LogP contribution in [-0.2, 0) is 13.0 Å². The Labute approximate surface area is 118 Å². The summed E-state index contributed by atoms with van der Waals surface area (Å²) in [7, 11) is 1.59. The summed E-state index contributed by atoms with van der Waals surface area (Å²) in [4.78, 5) is 8.45. The van der Waals surface area contributed by atoms with Crippen LogP contribution in [0.5, 0.6) is 11.6 Å². The molecule has 0 saturated heterocycles. The van der Waals surface area contributed by atoms with E-state index in [1.807, 2.05) is 31.2 Å². The molecule has 2 aromatic rings. The number of ether oxygens (including phenoxy) is 2. The van der Waals surface area contributed by atoms with Crippen molar-refractivity contribution in [2.24, 2.45) is 5.73 Å². The van der Waals surface area contributed by atoms with Gasteiger partial charge in [0.05, 0.1) is 18.9 Å². The minimum absolute atomic E-state index is 0.105. The van der Waals surface area contributed by atoms with Crippen LogP contribution in [0.4, 0.5) is 0 Å². The molecule has 20 heavy (non-hydrogen) atoms. The summed E-state index contributed by atoms with van der Waals surface area (Å²) in [6.07, 6.45) is 4.16. The van der Waals surface area contributed by atoms with Crippen molar-refractivity contribution in [2.45, 2.75) is 26.0 Å². The number of nitrogens with zero attached hydrogens (tertiary/aromatic N) is 2. The molecule has 1 unspecified atom stereocenters. The Hall–Kier alpha value is -2.14. The van der Waals surface area contributed by atoms with Gasteiger partial charge in [0.25, 0.3) is 0 Å². The maximum absolute atomic E-state index is 5.74. The van der Waals surface area contributed by atoms with Gasteiger partial charge in [-0.25, -0.2) is 4.98 Å². The van der Waals surface area contributed by atoms with Crippen molar-refractivity contribution in [1.82, 2.24) is 9.97 Å². The van der Waals surface area contributed by atoms with E-state index in [2.05, 4.69) is 9.97 Å². The summed E-state index contributed by atoms with van der Waals surface area (Å²) in [6, 6.07) is 7.70. The Kier molecular flexibility index (Phi) is 4.90. The molecular weight excluding hydrogens is 254 g/mol. The van der Waals surface area contributed by atoms with Crippen LogP contribution in [0.1, 0.15) is 18.2 Å². The minimum atomic E-state index is 0.105. The molecule has 106 valence electrons. The van der Waals surface area contributed by atoms with E-state index in [4.69, 9.17) is 15.2 Å². The van der Waals surface area contributed by atoms with Gasteiger partial charge in [-0.3, -0.25) is 4.98 Å². The molecule has 0 amide bonds. The fraction of sp³-hybridized carbons (Fsp3) is 0.333. The molecule has 5 nitrogen and oxygen atoms in total. The third kappa shape index (κ3) is 3.93. The lowest BCUT2D eigenvalue weighted by atomic mass is 10.2. The SMILES string of the molecule is COc1ncccc1COc1ccc(CC(C)N)nc1. The van der Waals surface area contributed by atoms with Crippen LogP contribution < -0.4 is 15.2 Å². The number of nitrogens with two attached hydrogens (primary N) is 1. The average Bonchev–Trinajstić information content (AvgIpc) is 2.46. The molecule has 5 heteroatoms. The highest BCUT2D eigenvalue weighted by Crippen LogP contribution is 2.17. The van der Waals surface area contributed by atoms with Crippen molar-refractivity contribution in [3.8, 4) is 11.6 Å². The van der Waals surface area contributed by atoms with Crippen LogP contribution in [0, 0.1) is 0 Å². The van der Waals surface area contributed by atoms with Crippen molar-refractivity contribution >= 4 is 0 Å². The second-order valence-corrected chi connectivity index (χ2v) is 4.63. The number of pyridine rings is 2. The zero-order valence-corrected chi connectivity index (χ0v) is 11.7. The molecule has 0 aromatic carbocycles. The molecule has 2 rings (SSSR count). The second-order valence-electron chi connectivity index (χ2n) is 4.63. The van der Waals surface area contributed by atoms with Crippen LogP contribution in [-0.4, -0.2) is 23.1 Å². The Balaban J connectivity index is 1.97. The van der Waals surface area contributed by atoms with Gasteiger partial charge < -0.3 is 15.2 Å². The van der Waals surface area contributed by atoms with E-state index < -0.39 is 0 Å². The van der Waals surface area contributed by atoms with Crippen LogP contribution in [0.2, 0.25) is 0 Å². The Morgan fingerprint density at radius 2 is 2.10 bits per heavy atom. The molecule has 0 radical (unpaired) electrons. The highest BCUT2D eigenvalue weighted by atomic mass is 16.5. The maximum Gasteiger partial charge on any atom is 0.219 e. The summed E-state index contributed by atoms with van der Waals surface area (Å²) in [5.41, 5.74) is 7.60. The van der Waals surface area contributed by atoms with Crippen molar-refractivity contribution in [1.29, 1.82) is 0 Å². The average molecular weight is 273 g/mol. The third-order valence-electron chi connectivity index (χ3n) is 2.77. The summed E-state index contributed by atoms with van der Waals surface area (Å²) in [5, 5.41) is 0. The first-order chi connectivity index (χ1) is 9.69. The zero-order valence-electron chi connectivity index (χ0n) is 11.7. The predicted octanol–water partition coefficient (Wildman–Crippen LogP) is 1.95. The van der Waals surface area contributed by atoms with E-state index in [0.717, 1.165) is 17.7 Å². The van der Waals surface area contributed by atoms with Gasteiger partial charge in [-0.2, -0.15) is 0 Å². The van der Waals surface area contributed by atoms with Crippen LogP contribution in [0.25, 0.3) is 0 Å². The smallest absolute Gasteiger partial charge is 0.219 e. The van der Waals surface area contributed by atoms with Crippen molar-refractivity contribution in [2.75, 3.05) is 7.11 Å². The van der Waals surface area contributed by atoms with Gasteiger partial charge >= 0.3 is 0 Å². The fourth-order valence-electron chi connectivity index (χ4n) is 1.83. The van der Waals surface area contributed by atoms with Crippen LogP contribution >= 0.6 is 0 Å². The van der Waals surface area contributed by atoms with Crippen molar-refractivity contribution < 1.29 is 9.47 Å². The van der Waals surface area contributed by atoms with Crippen molar-refractivity contribution in [3.05, 3.63) is 47.9 Å². The van der Waals surface area contributed by atoms with Gasteiger partial charge in [0, 0.05) is 24.4 Å². The standard InChI is InChI=1S/C15H19N3O2/c1-11(16)8-13-5-6-14(9-18-13)20-10-12-4-3-7-17-15(12)19-2/h3-7,9,11H,8,10,16H2,1-2H3. The fourth-order valence-corrected chi connectivity index (χ4v) is 1.83. The number of hydrogen-bond donors (Lipinski definition) is 1. The summed E-state index contributed by atoms with van der Waals surface area (Å²) >= 11 is 0. The predicted molar refractivity (Wildman–Crippen MR) is 76.7 cm³/mol. The lowest BCUT2D eigenvalue weighted by Gasteiger charge is -2.09. The van der Waals surface area contributed by atoms with Gasteiger partial charge in [-0.15, -0.1) is 0 Å². The van der Waals surface area contributed by atoms with E-state index in [9.17, 15) is 0 Å². The Bertz CT molecular complexity index is 541. The lowest BCUT2D eigenvalue weighted by Crippen LogP contribution is -2.18. The molecule has 0 aliphatic heterocycles. The molecule has 1 atom stereocenters. The molecule has 2 aromatic heterocycles. The molecule has 0 saturated carbocycles. The number of methoxy groups -OCH3 is 1. The molecule has 0 spiro atoms. The third-order valence-corrected chi connectivity index (χ3v) is 2.77. The lowest BCUT2D eigenvalue weighted by molar-refractivity contribution is 0.292. The van der Waals surface area contributed by atoms with Gasteiger partial charge in [0.2, 0.25) is 5.88 Å². The van der Waals surface area contributed by atoms with Gasteiger partial charge in [-0.1, -0.05) is 0 Å². The number of hydrogen-bond acceptors (Lipinski definition) is 5. The van der Waals surface area contributed by atoms with E-state index >= 15 is 0 Å². The number of rotatable bonds is 6. The maximum atomic E-state index is 5.74. The summed E-state index contributed by atoms with van der Waals surface area (Å²) < 4.78 is 10.9. The molecule has 2 heterocycles. The molecule has 0 bridgehead atoms. The van der Waals surface area contributed by atoms with Gasteiger partial charge in [-0.05, 0) is 31.2 Å². The first-order valence-corrected chi connectivity index (χ1v) is 6.50. The summed E-state index contributed by atoms with van der Waals surface area (Å²) in [5.74, 6) is 1.29.